The number of non-ortho nitro benzene ring substituents is 1. The van der Waals surface area contributed by atoms with Crippen LogP contribution in [0.2, 0.25) is 13.1 Å². The molecular formula is C15H11F6NO3Si. The lowest BCUT2D eigenvalue weighted by atomic mass is 10.2. The SMILES string of the molecule is C[Si](C)(OCc1cc([N+](=O)[O-])ccc1F)c1c(F)c(F)c(F)c(F)c1F. The van der Waals surface area contributed by atoms with Crippen LogP contribution in [-0.4, -0.2) is 13.2 Å². The van der Waals surface area contributed by atoms with Crippen LogP contribution in [0.25, 0.3) is 0 Å². The molecule has 0 aromatic heterocycles. The van der Waals surface area contributed by atoms with E-state index < -0.39 is 65.6 Å². The fourth-order valence-corrected chi connectivity index (χ4v) is 4.19. The minimum atomic E-state index is -3.74. The summed E-state index contributed by atoms with van der Waals surface area (Å²) in [5, 5.41) is 9.62. The number of nitrogens with zero attached hydrogens (tertiary/aromatic N) is 1. The molecule has 0 aliphatic carbocycles. The molecule has 4 nitrogen and oxygen atoms in total. The summed E-state index contributed by atoms with van der Waals surface area (Å²) in [4.78, 5) is 9.93. The van der Waals surface area contributed by atoms with Gasteiger partial charge in [-0.25, -0.2) is 26.3 Å². The number of hydrogen-bond acceptors (Lipinski definition) is 3. The molecule has 2 rings (SSSR count). The van der Waals surface area contributed by atoms with E-state index in [-0.39, 0.29) is 5.56 Å². The van der Waals surface area contributed by atoms with E-state index >= 15 is 0 Å². The second-order valence-corrected chi connectivity index (χ2v) is 9.59. The predicted octanol–water partition coefficient (Wildman–Crippen LogP) is 4.06. The van der Waals surface area contributed by atoms with Crippen molar-refractivity contribution in [1.82, 2.24) is 0 Å². The summed E-state index contributed by atoms with van der Waals surface area (Å²) in [6, 6.07) is 2.58. The molecule has 0 fully saturated rings. The monoisotopic (exact) mass is 395 g/mol. The van der Waals surface area contributed by atoms with Gasteiger partial charge in [-0.05, 0) is 19.2 Å². The first-order chi connectivity index (χ1) is 12.0. The minimum Gasteiger partial charge on any atom is -0.408 e. The van der Waals surface area contributed by atoms with E-state index in [9.17, 15) is 36.5 Å². The van der Waals surface area contributed by atoms with Crippen molar-refractivity contribution in [1.29, 1.82) is 0 Å². The molecule has 0 N–H and O–H groups in total. The van der Waals surface area contributed by atoms with Gasteiger partial charge in [-0.1, -0.05) is 0 Å². The Morgan fingerprint density at radius 2 is 1.46 bits per heavy atom. The maximum absolute atomic E-state index is 13.9. The van der Waals surface area contributed by atoms with Crippen molar-refractivity contribution in [2.24, 2.45) is 0 Å². The van der Waals surface area contributed by atoms with Crippen molar-refractivity contribution in [2.75, 3.05) is 0 Å². The molecule has 0 bridgehead atoms. The molecule has 140 valence electrons. The van der Waals surface area contributed by atoms with Gasteiger partial charge in [-0.2, -0.15) is 0 Å². The summed E-state index contributed by atoms with van der Waals surface area (Å²) < 4.78 is 86.8. The fraction of sp³-hybridized carbons (Fsp3) is 0.200. The van der Waals surface area contributed by atoms with Gasteiger partial charge in [0.25, 0.3) is 5.69 Å². The van der Waals surface area contributed by atoms with Crippen LogP contribution in [0, 0.1) is 45.0 Å². The first-order valence-corrected chi connectivity index (χ1v) is 9.97. The van der Waals surface area contributed by atoms with Gasteiger partial charge in [0.15, 0.2) is 23.3 Å². The maximum Gasteiger partial charge on any atom is 0.269 e. The molecule has 0 heterocycles. The Kier molecular flexibility index (Phi) is 5.42. The number of halogens is 6. The van der Waals surface area contributed by atoms with Crippen LogP contribution in [-0.2, 0) is 11.0 Å². The van der Waals surface area contributed by atoms with E-state index in [1.807, 2.05) is 0 Å². The van der Waals surface area contributed by atoms with Crippen LogP contribution < -0.4 is 5.19 Å². The van der Waals surface area contributed by atoms with Crippen molar-refractivity contribution in [2.45, 2.75) is 19.7 Å². The Labute approximate surface area is 144 Å². The zero-order chi connectivity index (χ0) is 19.8. The molecule has 26 heavy (non-hydrogen) atoms. The third-order valence-electron chi connectivity index (χ3n) is 3.64. The highest BCUT2D eigenvalue weighted by Crippen LogP contribution is 2.23. The molecule has 0 atom stereocenters. The molecule has 2 aromatic rings. The number of nitro groups is 1. The Hall–Kier alpha value is -2.40. The van der Waals surface area contributed by atoms with Crippen LogP contribution in [0.4, 0.5) is 32.0 Å². The molecule has 0 radical (unpaired) electrons. The largest absolute Gasteiger partial charge is 0.408 e. The molecule has 0 spiro atoms. The standard InChI is InChI=1S/C15H11F6NO3Si/c1-26(2,15-13(20)11(18)10(17)12(19)14(15)21)25-6-7-5-8(22(23)24)3-4-9(7)16/h3-5H,6H2,1-2H3. The van der Waals surface area contributed by atoms with Crippen molar-refractivity contribution in [3.63, 3.8) is 0 Å². The van der Waals surface area contributed by atoms with Gasteiger partial charge < -0.3 is 4.43 Å². The third-order valence-corrected chi connectivity index (χ3v) is 6.15. The maximum atomic E-state index is 13.9. The Morgan fingerprint density at radius 1 is 0.962 bits per heavy atom. The highest BCUT2D eigenvalue weighted by atomic mass is 28.4. The lowest BCUT2D eigenvalue weighted by Crippen LogP contribution is -2.49. The van der Waals surface area contributed by atoms with Gasteiger partial charge in [-0.3, -0.25) is 10.1 Å². The zero-order valence-corrected chi connectivity index (χ0v) is 14.4. The van der Waals surface area contributed by atoms with Crippen molar-refractivity contribution in [3.05, 3.63) is 68.8 Å². The normalized spacial score (nSPS) is 11.7. The van der Waals surface area contributed by atoms with Crippen LogP contribution in [0.5, 0.6) is 0 Å². The summed E-state index contributed by atoms with van der Waals surface area (Å²) in [6.45, 7) is 1.66. The summed E-state index contributed by atoms with van der Waals surface area (Å²) in [7, 11) is -3.74. The minimum absolute atomic E-state index is 0.288. The van der Waals surface area contributed by atoms with E-state index in [1.165, 1.54) is 0 Å². The fourth-order valence-electron chi connectivity index (χ4n) is 2.25. The second kappa shape index (κ2) is 7.07. The molecule has 11 heteroatoms. The van der Waals surface area contributed by atoms with Crippen molar-refractivity contribution in [3.8, 4) is 0 Å². The number of hydrogen-bond donors (Lipinski definition) is 0. The van der Waals surface area contributed by atoms with E-state index in [0.29, 0.717) is 0 Å². The highest BCUT2D eigenvalue weighted by Gasteiger charge is 2.38. The van der Waals surface area contributed by atoms with Gasteiger partial charge in [0.05, 0.1) is 11.5 Å². The molecular weight excluding hydrogens is 384 g/mol. The number of benzene rings is 2. The second-order valence-electron chi connectivity index (χ2n) is 5.78. The van der Waals surface area contributed by atoms with Gasteiger partial charge in [-0.15, -0.1) is 0 Å². The molecule has 0 unspecified atom stereocenters. The quantitative estimate of drug-likeness (QED) is 0.192. The number of nitro benzene ring substituents is 1. The average molecular weight is 395 g/mol. The first kappa shape index (κ1) is 19.9. The lowest BCUT2D eigenvalue weighted by Gasteiger charge is -2.25. The summed E-state index contributed by atoms with van der Waals surface area (Å²) in [6.07, 6.45) is 0. The van der Waals surface area contributed by atoms with Gasteiger partial charge in [0, 0.05) is 22.9 Å². The summed E-state index contributed by atoms with van der Waals surface area (Å²) in [5.74, 6) is -11.4. The molecule has 2 aromatic carbocycles. The topological polar surface area (TPSA) is 52.4 Å². The first-order valence-electron chi connectivity index (χ1n) is 7.06. The van der Waals surface area contributed by atoms with Gasteiger partial charge in [0.1, 0.15) is 5.82 Å². The molecule has 0 aliphatic rings. The Morgan fingerprint density at radius 3 is 1.96 bits per heavy atom. The highest BCUT2D eigenvalue weighted by molar-refractivity contribution is 6.84. The molecule has 0 saturated carbocycles. The lowest BCUT2D eigenvalue weighted by molar-refractivity contribution is -0.385. The van der Waals surface area contributed by atoms with E-state index in [4.69, 9.17) is 4.43 Å². The Balaban J connectivity index is 2.39. The van der Waals surface area contributed by atoms with Crippen molar-refractivity contribution < 1.29 is 35.7 Å². The van der Waals surface area contributed by atoms with Crippen molar-refractivity contribution >= 4 is 19.2 Å². The molecule has 0 amide bonds. The van der Waals surface area contributed by atoms with E-state index in [0.717, 1.165) is 31.3 Å². The zero-order valence-electron chi connectivity index (χ0n) is 13.4. The number of rotatable bonds is 5. The average Bonchev–Trinajstić information content (AvgIpc) is 2.57. The third kappa shape index (κ3) is 3.58. The summed E-state index contributed by atoms with van der Waals surface area (Å²) in [5.41, 5.74) is -0.732. The Bertz CT molecular complexity index is 861. The van der Waals surface area contributed by atoms with Crippen LogP contribution in [0.3, 0.4) is 0 Å². The van der Waals surface area contributed by atoms with Crippen LogP contribution >= 0.6 is 0 Å². The summed E-state index contributed by atoms with van der Waals surface area (Å²) >= 11 is 0. The molecule has 0 saturated heterocycles. The van der Waals surface area contributed by atoms with Crippen LogP contribution in [0.1, 0.15) is 5.56 Å². The van der Waals surface area contributed by atoms with E-state index in [1.54, 1.807) is 0 Å². The van der Waals surface area contributed by atoms with E-state index in [2.05, 4.69) is 0 Å². The molecule has 0 aliphatic heterocycles. The van der Waals surface area contributed by atoms with Gasteiger partial charge in [0.2, 0.25) is 14.1 Å². The van der Waals surface area contributed by atoms with Crippen LogP contribution in [0.15, 0.2) is 18.2 Å². The van der Waals surface area contributed by atoms with Gasteiger partial charge >= 0.3 is 0 Å². The smallest absolute Gasteiger partial charge is 0.269 e. The predicted molar refractivity (Wildman–Crippen MR) is 81.2 cm³/mol.